The van der Waals surface area contributed by atoms with Crippen molar-refractivity contribution in [2.45, 2.75) is 13.3 Å². The normalized spacial score (nSPS) is 10.2. The van der Waals surface area contributed by atoms with E-state index >= 15 is 0 Å². The number of nitrogens with one attached hydrogen (secondary N) is 1. The van der Waals surface area contributed by atoms with Gasteiger partial charge in [0.05, 0.1) is 41.9 Å². The first kappa shape index (κ1) is 17.5. The number of nitrogens with zero attached hydrogens (tertiary/aromatic N) is 4. The number of carbonyl (C=O) groups excluding carboxylic acids is 1. The number of pyridine rings is 2. The molecule has 0 saturated carbocycles. The fourth-order valence-electron chi connectivity index (χ4n) is 2.41. The highest BCUT2D eigenvalue weighted by molar-refractivity contribution is 7.06. The van der Waals surface area contributed by atoms with Gasteiger partial charge in [-0.3, -0.25) is 9.78 Å². The minimum absolute atomic E-state index is 0.255. The summed E-state index contributed by atoms with van der Waals surface area (Å²) in [5.74, 6) is 0.218. The van der Waals surface area contributed by atoms with Crippen molar-refractivity contribution in [3.8, 4) is 11.9 Å². The van der Waals surface area contributed by atoms with Gasteiger partial charge in [0.1, 0.15) is 0 Å². The summed E-state index contributed by atoms with van der Waals surface area (Å²) in [4.78, 5) is 21.8. The summed E-state index contributed by atoms with van der Waals surface area (Å²) >= 11 is 1.26. The predicted octanol–water partition coefficient (Wildman–Crippen LogP) is 2.96. The second-order valence-corrected chi connectivity index (χ2v) is 6.29. The van der Waals surface area contributed by atoms with Crippen LogP contribution in [0.15, 0.2) is 36.7 Å². The van der Waals surface area contributed by atoms with Crippen LogP contribution in [0.2, 0.25) is 0 Å². The molecule has 130 valence electrons. The number of ether oxygens (including phenoxy) is 1. The molecule has 0 aliphatic rings. The zero-order valence-electron chi connectivity index (χ0n) is 14.2. The zero-order valence-corrected chi connectivity index (χ0v) is 15.0. The zero-order chi connectivity index (χ0) is 18.5. The molecular weight excluding hydrogens is 350 g/mol. The van der Waals surface area contributed by atoms with E-state index in [1.54, 1.807) is 37.4 Å². The largest absolute Gasteiger partial charge is 0.481 e. The highest BCUT2D eigenvalue weighted by Gasteiger charge is 2.19. The summed E-state index contributed by atoms with van der Waals surface area (Å²) < 4.78 is 9.31. The lowest BCUT2D eigenvalue weighted by Gasteiger charge is -2.07. The van der Waals surface area contributed by atoms with Crippen LogP contribution in [-0.2, 0) is 6.42 Å². The summed E-state index contributed by atoms with van der Waals surface area (Å²) in [6, 6.07) is 8.84. The molecule has 0 aromatic carbocycles. The first-order valence-corrected chi connectivity index (χ1v) is 8.49. The number of rotatable bonds is 5. The van der Waals surface area contributed by atoms with Crippen LogP contribution in [0, 0.1) is 18.3 Å². The van der Waals surface area contributed by atoms with E-state index in [1.807, 2.05) is 0 Å². The van der Waals surface area contributed by atoms with Crippen LogP contribution in [-0.4, -0.2) is 27.4 Å². The van der Waals surface area contributed by atoms with E-state index in [1.165, 1.54) is 24.8 Å². The second-order valence-electron chi connectivity index (χ2n) is 5.43. The Bertz CT molecular complexity index is 976. The standard InChI is InChI=1S/C18H15N5O2S/c1-11-17(18(24)22-13-3-4-16(25-2)21-10-13)15(26-23-11)8-14-7-12(9-19)5-6-20-14/h3-7,10H,8H2,1-2H3,(H,22,24). The van der Waals surface area contributed by atoms with Crippen LogP contribution in [0.1, 0.15) is 32.2 Å². The molecule has 26 heavy (non-hydrogen) atoms. The van der Waals surface area contributed by atoms with Gasteiger partial charge in [0.25, 0.3) is 5.91 Å². The highest BCUT2D eigenvalue weighted by Crippen LogP contribution is 2.23. The first-order valence-electron chi connectivity index (χ1n) is 7.72. The fraction of sp³-hybridized carbons (Fsp3) is 0.167. The monoisotopic (exact) mass is 365 g/mol. The van der Waals surface area contributed by atoms with Gasteiger partial charge in [0.15, 0.2) is 0 Å². The third-order valence-corrected chi connectivity index (χ3v) is 4.59. The molecular formula is C18H15N5O2S. The smallest absolute Gasteiger partial charge is 0.258 e. The van der Waals surface area contributed by atoms with E-state index in [0.717, 1.165) is 4.88 Å². The molecule has 0 saturated heterocycles. The molecule has 1 amide bonds. The van der Waals surface area contributed by atoms with Crippen molar-refractivity contribution in [3.05, 3.63) is 64.1 Å². The molecule has 3 aromatic heterocycles. The summed E-state index contributed by atoms with van der Waals surface area (Å²) in [6.45, 7) is 1.79. The van der Waals surface area contributed by atoms with Crippen LogP contribution in [0.4, 0.5) is 5.69 Å². The van der Waals surface area contributed by atoms with E-state index in [2.05, 4.69) is 25.7 Å². The minimum atomic E-state index is -0.255. The van der Waals surface area contributed by atoms with Crippen molar-refractivity contribution in [2.24, 2.45) is 0 Å². The Kier molecular flexibility index (Phi) is 5.20. The number of anilines is 1. The molecule has 0 radical (unpaired) electrons. The maximum atomic E-state index is 12.7. The summed E-state index contributed by atoms with van der Waals surface area (Å²) in [5.41, 5.74) is 2.99. The van der Waals surface area contributed by atoms with Crippen LogP contribution in [0.5, 0.6) is 5.88 Å². The maximum Gasteiger partial charge on any atom is 0.258 e. The Morgan fingerprint density at radius 2 is 2.19 bits per heavy atom. The van der Waals surface area contributed by atoms with E-state index in [0.29, 0.717) is 40.5 Å². The van der Waals surface area contributed by atoms with Gasteiger partial charge in [-0.05, 0) is 36.7 Å². The average Bonchev–Trinajstić information content (AvgIpc) is 3.02. The topological polar surface area (TPSA) is 101 Å². The third-order valence-electron chi connectivity index (χ3n) is 3.65. The number of amides is 1. The number of aryl methyl sites for hydroxylation is 1. The molecule has 0 spiro atoms. The van der Waals surface area contributed by atoms with Crippen molar-refractivity contribution < 1.29 is 9.53 Å². The lowest BCUT2D eigenvalue weighted by molar-refractivity contribution is 0.102. The van der Waals surface area contributed by atoms with Gasteiger partial charge in [0.2, 0.25) is 5.88 Å². The van der Waals surface area contributed by atoms with Crippen LogP contribution in [0.3, 0.4) is 0 Å². The van der Waals surface area contributed by atoms with Crippen LogP contribution < -0.4 is 10.1 Å². The Morgan fingerprint density at radius 1 is 1.35 bits per heavy atom. The van der Waals surface area contributed by atoms with Crippen LogP contribution >= 0.6 is 11.5 Å². The lowest BCUT2D eigenvalue weighted by atomic mass is 10.1. The molecule has 1 N–H and O–H groups in total. The number of hydrogen-bond acceptors (Lipinski definition) is 7. The minimum Gasteiger partial charge on any atom is -0.481 e. The summed E-state index contributed by atoms with van der Waals surface area (Å²) in [6.07, 6.45) is 3.55. The molecule has 0 bridgehead atoms. The molecule has 0 atom stereocenters. The van der Waals surface area contributed by atoms with Crippen molar-refractivity contribution >= 4 is 23.1 Å². The van der Waals surface area contributed by atoms with Crippen molar-refractivity contribution in [1.29, 1.82) is 5.26 Å². The molecule has 3 heterocycles. The molecule has 0 aliphatic carbocycles. The Labute approximate surface area is 154 Å². The van der Waals surface area contributed by atoms with Gasteiger partial charge in [-0.2, -0.15) is 9.64 Å². The lowest BCUT2D eigenvalue weighted by Crippen LogP contribution is -2.14. The number of aromatic nitrogens is 3. The van der Waals surface area contributed by atoms with Crippen molar-refractivity contribution in [2.75, 3.05) is 12.4 Å². The van der Waals surface area contributed by atoms with Gasteiger partial charge in [-0.1, -0.05) is 0 Å². The maximum absolute atomic E-state index is 12.7. The van der Waals surface area contributed by atoms with E-state index in [-0.39, 0.29) is 5.91 Å². The summed E-state index contributed by atoms with van der Waals surface area (Å²) in [7, 11) is 1.53. The molecule has 0 aliphatic heterocycles. The molecule has 7 nitrogen and oxygen atoms in total. The number of methoxy groups -OCH3 is 1. The first-order chi connectivity index (χ1) is 12.6. The van der Waals surface area contributed by atoms with Crippen molar-refractivity contribution in [3.63, 3.8) is 0 Å². The van der Waals surface area contributed by atoms with E-state index in [4.69, 9.17) is 10.00 Å². The number of nitriles is 1. The van der Waals surface area contributed by atoms with E-state index in [9.17, 15) is 4.79 Å². The third kappa shape index (κ3) is 3.84. The highest BCUT2D eigenvalue weighted by atomic mass is 32.1. The molecule has 3 rings (SSSR count). The predicted molar refractivity (Wildman–Crippen MR) is 97.4 cm³/mol. The quantitative estimate of drug-likeness (QED) is 0.746. The average molecular weight is 365 g/mol. The van der Waals surface area contributed by atoms with Gasteiger partial charge in [-0.25, -0.2) is 4.98 Å². The van der Waals surface area contributed by atoms with Gasteiger partial charge in [-0.15, -0.1) is 0 Å². The Hall–Kier alpha value is -3.31. The number of hydrogen-bond donors (Lipinski definition) is 1. The molecule has 0 fully saturated rings. The van der Waals surface area contributed by atoms with Gasteiger partial charge in [0, 0.05) is 29.3 Å². The summed E-state index contributed by atoms with van der Waals surface area (Å²) in [5, 5.41) is 11.8. The fourth-order valence-corrected chi connectivity index (χ4v) is 3.29. The molecule has 8 heteroatoms. The van der Waals surface area contributed by atoms with Crippen LogP contribution in [0.25, 0.3) is 0 Å². The SMILES string of the molecule is COc1ccc(NC(=O)c2c(C)nsc2Cc2cc(C#N)ccn2)cn1. The van der Waals surface area contributed by atoms with Gasteiger partial charge < -0.3 is 10.1 Å². The number of carbonyl (C=O) groups is 1. The Morgan fingerprint density at radius 3 is 2.88 bits per heavy atom. The Balaban J connectivity index is 1.82. The second kappa shape index (κ2) is 7.72. The molecule has 0 unspecified atom stereocenters. The van der Waals surface area contributed by atoms with Gasteiger partial charge >= 0.3 is 0 Å². The molecule has 3 aromatic rings. The van der Waals surface area contributed by atoms with Crippen molar-refractivity contribution in [1.82, 2.24) is 14.3 Å². The van der Waals surface area contributed by atoms with E-state index < -0.39 is 0 Å².